The van der Waals surface area contributed by atoms with Crippen LogP contribution in [0.25, 0.3) is 0 Å². The number of anilines is 1. The van der Waals surface area contributed by atoms with Gasteiger partial charge in [0.15, 0.2) is 0 Å². The summed E-state index contributed by atoms with van der Waals surface area (Å²) in [5, 5.41) is 8.32. The molecule has 2 aromatic heterocycles. The number of halogens is 1. The van der Waals surface area contributed by atoms with E-state index in [4.69, 9.17) is 16.3 Å². The van der Waals surface area contributed by atoms with Gasteiger partial charge in [0.2, 0.25) is 5.95 Å². The summed E-state index contributed by atoms with van der Waals surface area (Å²) in [6, 6.07) is 0.153. The summed E-state index contributed by atoms with van der Waals surface area (Å²) in [5.74, 6) is 1.39. The lowest BCUT2D eigenvalue weighted by molar-refractivity contribution is 0.107. The van der Waals surface area contributed by atoms with E-state index in [2.05, 4.69) is 26.6 Å². The maximum atomic E-state index is 5.88. The molecule has 0 radical (unpaired) electrons. The summed E-state index contributed by atoms with van der Waals surface area (Å²) >= 11 is 5.81. The van der Waals surface area contributed by atoms with Gasteiger partial charge in [0, 0.05) is 24.9 Å². The Kier molecular flexibility index (Phi) is 3.72. The number of ether oxygens (including phenoxy) is 1. The molecule has 22 heavy (non-hydrogen) atoms. The topological polar surface area (TPSA) is 64.9 Å². The number of rotatable bonds is 5. The van der Waals surface area contributed by atoms with Gasteiger partial charge in [0.1, 0.15) is 6.10 Å². The predicted octanol–water partition coefficient (Wildman–Crippen LogP) is 2.68. The van der Waals surface area contributed by atoms with Gasteiger partial charge < -0.3 is 10.1 Å². The van der Waals surface area contributed by atoms with E-state index in [1.54, 1.807) is 12.4 Å². The average molecular weight is 320 g/mol. The van der Waals surface area contributed by atoms with E-state index >= 15 is 0 Å². The first-order valence-corrected chi connectivity index (χ1v) is 8.04. The van der Waals surface area contributed by atoms with Crippen molar-refractivity contribution in [2.75, 3.05) is 11.9 Å². The fourth-order valence-corrected chi connectivity index (χ4v) is 2.91. The number of nitrogens with zero attached hydrogens (tertiary/aromatic N) is 4. The van der Waals surface area contributed by atoms with Crippen LogP contribution in [0, 0.1) is 5.92 Å². The average Bonchev–Trinajstić information content (AvgIpc) is 3.02. The first-order valence-electron chi connectivity index (χ1n) is 7.66. The standard InChI is InChI=1S/C15H18ClN5O/c16-12-6-17-15(18-7-12)20-13-3-4-22-14(13)11-5-19-21(9-11)8-10-1-2-10/h5-7,9-10,13-14H,1-4,8H2,(H,17,18,20)/t13-,14+/m0/s1. The molecule has 116 valence electrons. The Morgan fingerprint density at radius 3 is 2.82 bits per heavy atom. The van der Waals surface area contributed by atoms with Crippen molar-refractivity contribution in [2.45, 2.75) is 38.0 Å². The molecule has 1 N–H and O–H groups in total. The molecule has 0 bridgehead atoms. The molecule has 4 rings (SSSR count). The van der Waals surface area contributed by atoms with Crippen molar-refractivity contribution in [3.8, 4) is 0 Å². The molecule has 6 nitrogen and oxygen atoms in total. The van der Waals surface area contributed by atoms with Gasteiger partial charge >= 0.3 is 0 Å². The maximum absolute atomic E-state index is 5.88. The van der Waals surface area contributed by atoms with Crippen molar-refractivity contribution in [1.82, 2.24) is 19.7 Å². The third-order valence-corrected chi connectivity index (χ3v) is 4.35. The van der Waals surface area contributed by atoms with Gasteiger partial charge in [-0.05, 0) is 25.2 Å². The van der Waals surface area contributed by atoms with E-state index in [1.165, 1.54) is 12.8 Å². The molecule has 0 aromatic carbocycles. The second kappa shape index (κ2) is 5.85. The molecule has 2 fully saturated rings. The van der Waals surface area contributed by atoms with Gasteiger partial charge in [-0.25, -0.2) is 9.97 Å². The lowest BCUT2D eigenvalue weighted by Gasteiger charge is -2.18. The van der Waals surface area contributed by atoms with Crippen molar-refractivity contribution in [1.29, 1.82) is 0 Å². The Morgan fingerprint density at radius 1 is 1.23 bits per heavy atom. The molecule has 3 heterocycles. The Bertz CT molecular complexity index is 640. The number of nitrogens with one attached hydrogen (secondary N) is 1. The molecule has 7 heteroatoms. The lowest BCUT2D eigenvalue weighted by Crippen LogP contribution is -2.24. The van der Waals surface area contributed by atoms with Gasteiger partial charge in [-0.3, -0.25) is 4.68 Å². The van der Waals surface area contributed by atoms with Gasteiger partial charge in [0.05, 0.1) is 29.7 Å². The summed E-state index contributed by atoms with van der Waals surface area (Å²) in [4.78, 5) is 8.38. The molecule has 0 spiro atoms. The van der Waals surface area contributed by atoms with E-state index in [-0.39, 0.29) is 12.1 Å². The SMILES string of the molecule is Clc1cnc(N[C@H]2CCO[C@@H]2c2cnn(CC3CC3)c2)nc1. The maximum Gasteiger partial charge on any atom is 0.222 e. The number of hydrogen-bond acceptors (Lipinski definition) is 5. The summed E-state index contributed by atoms with van der Waals surface area (Å²) < 4.78 is 7.92. The van der Waals surface area contributed by atoms with E-state index in [1.807, 2.05) is 10.9 Å². The molecule has 1 aliphatic carbocycles. The van der Waals surface area contributed by atoms with Crippen LogP contribution in [0.2, 0.25) is 5.02 Å². The largest absolute Gasteiger partial charge is 0.371 e. The van der Waals surface area contributed by atoms with Crippen LogP contribution in [-0.2, 0) is 11.3 Å². The third kappa shape index (κ3) is 3.08. The summed E-state index contributed by atoms with van der Waals surface area (Å²) in [6.45, 7) is 1.74. The zero-order valence-electron chi connectivity index (χ0n) is 12.2. The zero-order valence-corrected chi connectivity index (χ0v) is 12.9. The second-order valence-electron chi connectivity index (χ2n) is 5.99. The highest BCUT2D eigenvalue weighted by molar-refractivity contribution is 6.30. The van der Waals surface area contributed by atoms with Crippen molar-refractivity contribution < 1.29 is 4.74 Å². The second-order valence-corrected chi connectivity index (χ2v) is 6.43. The van der Waals surface area contributed by atoms with Gasteiger partial charge in [-0.1, -0.05) is 11.6 Å². The minimum atomic E-state index is -0.00719. The highest BCUT2D eigenvalue weighted by Crippen LogP contribution is 2.33. The smallest absolute Gasteiger partial charge is 0.222 e. The van der Waals surface area contributed by atoms with Crippen LogP contribution < -0.4 is 5.32 Å². The molecular formula is C15H18ClN5O. The Morgan fingerprint density at radius 2 is 2.05 bits per heavy atom. The molecule has 0 amide bonds. The molecule has 2 aliphatic rings. The number of hydrogen-bond donors (Lipinski definition) is 1. The predicted molar refractivity (Wildman–Crippen MR) is 82.7 cm³/mol. The van der Waals surface area contributed by atoms with Crippen LogP contribution in [-0.4, -0.2) is 32.4 Å². The van der Waals surface area contributed by atoms with Gasteiger partial charge in [0.25, 0.3) is 0 Å². The normalized spacial score (nSPS) is 24.6. The fourth-order valence-electron chi connectivity index (χ4n) is 2.81. The fraction of sp³-hybridized carbons (Fsp3) is 0.533. The van der Waals surface area contributed by atoms with Crippen LogP contribution in [0.3, 0.4) is 0 Å². The Labute approximate surface area is 133 Å². The van der Waals surface area contributed by atoms with Crippen LogP contribution in [0.15, 0.2) is 24.8 Å². The van der Waals surface area contributed by atoms with E-state index in [0.29, 0.717) is 11.0 Å². The molecule has 0 unspecified atom stereocenters. The van der Waals surface area contributed by atoms with Crippen molar-refractivity contribution in [2.24, 2.45) is 5.92 Å². The molecule has 1 aliphatic heterocycles. The van der Waals surface area contributed by atoms with Crippen LogP contribution >= 0.6 is 11.6 Å². The van der Waals surface area contributed by atoms with E-state index in [0.717, 1.165) is 31.1 Å². The monoisotopic (exact) mass is 319 g/mol. The van der Waals surface area contributed by atoms with Crippen LogP contribution in [0.4, 0.5) is 5.95 Å². The molecular weight excluding hydrogens is 302 g/mol. The zero-order chi connectivity index (χ0) is 14.9. The van der Waals surface area contributed by atoms with Crippen molar-refractivity contribution in [3.05, 3.63) is 35.4 Å². The summed E-state index contributed by atoms with van der Waals surface area (Å²) in [5.41, 5.74) is 1.12. The van der Waals surface area contributed by atoms with Crippen molar-refractivity contribution in [3.63, 3.8) is 0 Å². The molecule has 1 saturated heterocycles. The summed E-state index contributed by atoms with van der Waals surface area (Å²) in [6.07, 6.45) is 10.8. The quantitative estimate of drug-likeness (QED) is 0.918. The molecule has 1 saturated carbocycles. The lowest BCUT2D eigenvalue weighted by atomic mass is 10.1. The first-order chi connectivity index (χ1) is 10.8. The van der Waals surface area contributed by atoms with E-state index < -0.39 is 0 Å². The van der Waals surface area contributed by atoms with Gasteiger partial charge in [-0.15, -0.1) is 0 Å². The highest BCUT2D eigenvalue weighted by atomic mass is 35.5. The molecule has 2 aromatic rings. The minimum Gasteiger partial charge on any atom is -0.371 e. The van der Waals surface area contributed by atoms with E-state index in [9.17, 15) is 0 Å². The highest BCUT2D eigenvalue weighted by Gasteiger charge is 2.31. The first kappa shape index (κ1) is 14.0. The van der Waals surface area contributed by atoms with Crippen molar-refractivity contribution >= 4 is 17.5 Å². The van der Waals surface area contributed by atoms with Gasteiger partial charge in [-0.2, -0.15) is 5.10 Å². The summed E-state index contributed by atoms with van der Waals surface area (Å²) in [7, 11) is 0. The molecule has 2 atom stereocenters. The third-order valence-electron chi connectivity index (χ3n) is 4.15. The van der Waals surface area contributed by atoms with Crippen LogP contribution in [0.5, 0.6) is 0 Å². The minimum absolute atomic E-state index is 0.00719. The Balaban J connectivity index is 1.45. The Hall–Kier alpha value is -1.66. The van der Waals surface area contributed by atoms with Crippen LogP contribution in [0.1, 0.15) is 30.9 Å². The number of aromatic nitrogens is 4.